The van der Waals surface area contributed by atoms with Crippen molar-refractivity contribution in [1.82, 2.24) is 10.6 Å². The Balaban J connectivity index is 2.20. The van der Waals surface area contributed by atoms with Crippen LogP contribution in [-0.2, 0) is 16.0 Å². The van der Waals surface area contributed by atoms with Gasteiger partial charge in [-0.3, -0.25) is 14.9 Å². The zero-order valence-corrected chi connectivity index (χ0v) is 11.4. The minimum Gasteiger partial charge on any atom is -0.383 e. The average Bonchev–Trinajstić information content (AvgIpc) is 2.44. The second-order valence-electron chi connectivity index (χ2n) is 4.19. The first-order chi connectivity index (χ1) is 9.63. The maximum atomic E-state index is 11.4. The van der Waals surface area contributed by atoms with Gasteiger partial charge >= 0.3 is 0 Å². The third kappa shape index (κ3) is 6.26. The molecular weight excluding hydrogens is 262 g/mol. The first-order valence-corrected chi connectivity index (χ1v) is 6.33. The summed E-state index contributed by atoms with van der Waals surface area (Å²) in [4.78, 5) is 21.5. The van der Waals surface area contributed by atoms with Gasteiger partial charge in [0.15, 0.2) is 0 Å². The number of carbonyl (C=O) groups is 1. The van der Waals surface area contributed by atoms with Crippen LogP contribution in [0.25, 0.3) is 0 Å². The maximum absolute atomic E-state index is 11.4. The van der Waals surface area contributed by atoms with Gasteiger partial charge in [0, 0.05) is 32.3 Å². The van der Waals surface area contributed by atoms with Crippen molar-refractivity contribution in [2.75, 3.05) is 33.4 Å². The molecule has 0 bridgehead atoms. The van der Waals surface area contributed by atoms with Crippen molar-refractivity contribution in [1.29, 1.82) is 0 Å². The Hall–Kier alpha value is -1.99. The van der Waals surface area contributed by atoms with E-state index in [1.165, 1.54) is 12.1 Å². The molecule has 1 amide bonds. The van der Waals surface area contributed by atoms with E-state index in [2.05, 4.69) is 10.6 Å². The number of nitro groups is 1. The summed E-state index contributed by atoms with van der Waals surface area (Å²) in [5.41, 5.74) is 1.02. The van der Waals surface area contributed by atoms with Gasteiger partial charge in [-0.15, -0.1) is 0 Å². The van der Waals surface area contributed by atoms with Crippen LogP contribution in [0.2, 0.25) is 0 Å². The van der Waals surface area contributed by atoms with Crippen LogP contribution in [-0.4, -0.2) is 44.2 Å². The number of nitrogens with zero attached hydrogens (tertiary/aromatic N) is 1. The molecule has 7 heteroatoms. The molecule has 2 N–H and O–H groups in total. The molecule has 0 fully saturated rings. The molecular formula is C13H19N3O4. The highest BCUT2D eigenvalue weighted by atomic mass is 16.6. The number of benzene rings is 1. The Morgan fingerprint density at radius 3 is 2.60 bits per heavy atom. The van der Waals surface area contributed by atoms with Crippen molar-refractivity contribution in [2.24, 2.45) is 0 Å². The lowest BCUT2D eigenvalue weighted by Gasteiger charge is -2.06. The van der Waals surface area contributed by atoms with E-state index in [4.69, 9.17) is 4.74 Å². The van der Waals surface area contributed by atoms with Gasteiger partial charge < -0.3 is 15.4 Å². The van der Waals surface area contributed by atoms with E-state index in [9.17, 15) is 14.9 Å². The molecule has 1 rings (SSSR count). The fourth-order valence-corrected chi connectivity index (χ4v) is 1.57. The largest absolute Gasteiger partial charge is 0.383 e. The first kappa shape index (κ1) is 16.1. The van der Waals surface area contributed by atoms with E-state index in [1.807, 2.05) is 0 Å². The van der Waals surface area contributed by atoms with Gasteiger partial charge in [-0.2, -0.15) is 0 Å². The second kappa shape index (κ2) is 9.00. The number of hydrogen-bond donors (Lipinski definition) is 2. The maximum Gasteiger partial charge on any atom is 0.269 e. The first-order valence-electron chi connectivity index (χ1n) is 6.33. The van der Waals surface area contributed by atoms with Crippen molar-refractivity contribution in [3.63, 3.8) is 0 Å². The molecule has 0 heterocycles. The second-order valence-corrected chi connectivity index (χ2v) is 4.19. The molecule has 0 atom stereocenters. The highest BCUT2D eigenvalue weighted by Gasteiger charge is 2.04. The van der Waals surface area contributed by atoms with Crippen LogP contribution in [0.15, 0.2) is 24.3 Å². The summed E-state index contributed by atoms with van der Waals surface area (Å²) in [5.74, 6) is -0.0805. The molecule has 0 aliphatic heterocycles. The zero-order valence-electron chi connectivity index (χ0n) is 11.4. The van der Waals surface area contributed by atoms with Crippen molar-refractivity contribution >= 4 is 11.6 Å². The van der Waals surface area contributed by atoms with E-state index in [0.29, 0.717) is 26.1 Å². The number of rotatable bonds is 9. The highest BCUT2D eigenvalue weighted by molar-refractivity contribution is 5.77. The average molecular weight is 281 g/mol. The Labute approximate surface area is 117 Å². The Morgan fingerprint density at radius 1 is 1.30 bits per heavy atom. The predicted molar refractivity (Wildman–Crippen MR) is 74.6 cm³/mol. The molecule has 1 aromatic carbocycles. The minimum absolute atomic E-state index is 0.0696. The van der Waals surface area contributed by atoms with Gasteiger partial charge in [0.25, 0.3) is 5.69 Å². The quantitative estimate of drug-likeness (QED) is 0.390. The molecule has 110 valence electrons. The molecule has 0 saturated heterocycles. The standard InChI is InChI=1S/C13H19N3O4/c1-20-9-8-14-10-13(17)15-7-6-11-2-4-12(5-3-11)16(18)19/h2-5,14H,6-10H2,1H3,(H,15,17). The number of methoxy groups -OCH3 is 1. The monoisotopic (exact) mass is 281 g/mol. The summed E-state index contributed by atoms with van der Waals surface area (Å²) in [5, 5.41) is 16.2. The fourth-order valence-electron chi connectivity index (χ4n) is 1.57. The third-order valence-corrected chi connectivity index (χ3v) is 2.65. The molecule has 0 spiro atoms. The molecule has 1 aromatic rings. The molecule has 0 unspecified atom stereocenters. The topological polar surface area (TPSA) is 93.5 Å². The van der Waals surface area contributed by atoms with Gasteiger partial charge in [-0.05, 0) is 12.0 Å². The number of non-ortho nitro benzene ring substituents is 1. The molecule has 0 aliphatic carbocycles. The van der Waals surface area contributed by atoms with E-state index in [0.717, 1.165) is 5.56 Å². The van der Waals surface area contributed by atoms with Crippen LogP contribution in [0.1, 0.15) is 5.56 Å². The minimum atomic E-state index is -0.433. The molecule has 0 radical (unpaired) electrons. The number of nitro benzene ring substituents is 1. The Bertz CT molecular complexity index is 434. The summed E-state index contributed by atoms with van der Waals surface area (Å²) >= 11 is 0. The summed E-state index contributed by atoms with van der Waals surface area (Å²) in [6, 6.07) is 6.31. The molecule has 7 nitrogen and oxygen atoms in total. The lowest BCUT2D eigenvalue weighted by molar-refractivity contribution is -0.384. The normalized spacial score (nSPS) is 10.2. The third-order valence-electron chi connectivity index (χ3n) is 2.65. The van der Waals surface area contributed by atoms with Crippen LogP contribution in [0, 0.1) is 10.1 Å². The molecule has 0 aliphatic rings. The molecule has 0 saturated carbocycles. The van der Waals surface area contributed by atoms with E-state index < -0.39 is 4.92 Å². The number of ether oxygens (including phenoxy) is 1. The molecule has 20 heavy (non-hydrogen) atoms. The summed E-state index contributed by atoms with van der Waals surface area (Å²) in [6.07, 6.45) is 0.641. The van der Waals surface area contributed by atoms with Crippen LogP contribution >= 0.6 is 0 Å². The fraction of sp³-hybridized carbons (Fsp3) is 0.462. The summed E-state index contributed by atoms with van der Waals surface area (Å²) in [6.45, 7) is 1.95. The van der Waals surface area contributed by atoms with Crippen LogP contribution in [0.3, 0.4) is 0 Å². The van der Waals surface area contributed by atoms with Crippen LogP contribution in [0.4, 0.5) is 5.69 Å². The Morgan fingerprint density at radius 2 is 2.00 bits per heavy atom. The summed E-state index contributed by atoms with van der Waals surface area (Å²) < 4.78 is 4.85. The lowest BCUT2D eigenvalue weighted by atomic mass is 10.1. The summed E-state index contributed by atoms with van der Waals surface area (Å²) in [7, 11) is 1.60. The van der Waals surface area contributed by atoms with Crippen molar-refractivity contribution in [2.45, 2.75) is 6.42 Å². The SMILES string of the molecule is COCCNCC(=O)NCCc1ccc([N+](=O)[O-])cc1. The Kier molecular flexibility index (Phi) is 7.23. The van der Waals surface area contributed by atoms with Gasteiger partial charge in [0.05, 0.1) is 18.1 Å². The van der Waals surface area contributed by atoms with E-state index >= 15 is 0 Å². The highest BCUT2D eigenvalue weighted by Crippen LogP contribution is 2.11. The van der Waals surface area contributed by atoms with Crippen molar-refractivity contribution in [3.8, 4) is 0 Å². The van der Waals surface area contributed by atoms with Gasteiger partial charge in [0.1, 0.15) is 0 Å². The van der Waals surface area contributed by atoms with Crippen molar-refractivity contribution in [3.05, 3.63) is 39.9 Å². The van der Waals surface area contributed by atoms with Crippen molar-refractivity contribution < 1.29 is 14.5 Å². The van der Waals surface area contributed by atoms with Gasteiger partial charge in [0.2, 0.25) is 5.91 Å². The van der Waals surface area contributed by atoms with Gasteiger partial charge in [-0.25, -0.2) is 0 Å². The predicted octanol–water partition coefficient (Wildman–Crippen LogP) is 0.490. The van der Waals surface area contributed by atoms with E-state index in [1.54, 1.807) is 19.2 Å². The van der Waals surface area contributed by atoms with Gasteiger partial charge in [-0.1, -0.05) is 12.1 Å². The zero-order chi connectivity index (χ0) is 14.8. The lowest BCUT2D eigenvalue weighted by Crippen LogP contribution is -2.36. The van der Waals surface area contributed by atoms with E-state index in [-0.39, 0.29) is 18.1 Å². The smallest absolute Gasteiger partial charge is 0.269 e. The number of hydrogen-bond acceptors (Lipinski definition) is 5. The molecule has 0 aromatic heterocycles. The van der Waals surface area contributed by atoms with Crippen LogP contribution < -0.4 is 10.6 Å². The number of carbonyl (C=O) groups excluding carboxylic acids is 1. The number of nitrogens with one attached hydrogen (secondary N) is 2. The number of amides is 1. The van der Waals surface area contributed by atoms with Crippen LogP contribution in [0.5, 0.6) is 0 Å².